The van der Waals surface area contributed by atoms with E-state index in [9.17, 15) is 14.0 Å². The van der Waals surface area contributed by atoms with Crippen molar-refractivity contribution in [3.8, 4) is 0 Å². The largest absolute Gasteiger partial charge is 0.478 e. The molecule has 1 rings (SSSR count). The minimum Gasteiger partial charge on any atom is -0.478 e. The summed E-state index contributed by atoms with van der Waals surface area (Å²) in [6, 6.07) is 2.00. The van der Waals surface area contributed by atoms with E-state index in [1.54, 1.807) is 6.92 Å². The molecule has 0 aliphatic carbocycles. The molecule has 6 heteroatoms. The molecule has 3 nitrogen and oxygen atoms in total. The molecule has 0 spiro atoms. The Morgan fingerprint density at radius 3 is 2.61 bits per heavy atom. The second kappa shape index (κ2) is 6.20. The van der Waals surface area contributed by atoms with Crippen molar-refractivity contribution in [3.63, 3.8) is 0 Å². The number of halogens is 2. The second-order valence-corrected chi connectivity index (χ2v) is 5.25. The minimum absolute atomic E-state index is 0.0409. The van der Waals surface area contributed by atoms with E-state index in [0.29, 0.717) is 6.42 Å². The monoisotopic (exact) mass is 290 g/mol. The molecule has 18 heavy (non-hydrogen) atoms. The number of hydrogen-bond donors (Lipinski definition) is 1. The Hall–Kier alpha value is -1.07. The summed E-state index contributed by atoms with van der Waals surface area (Å²) in [5.74, 6) is -2.46. The van der Waals surface area contributed by atoms with Crippen LogP contribution in [0.5, 0.6) is 0 Å². The average Bonchev–Trinajstić information content (AvgIpc) is 2.30. The molecule has 0 saturated carbocycles. The molecule has 0 bridgehead atoms. The van der Waals surface area contributed by atoms with Gasteiger partial charge < -0.3 is 5.11 Å². The maximum atomic E-state index is 13.3. The lowest BCUT2D eigenvalue weighted by molar-refractivity contribution is -0.114. The van der Waals surface area contributed by atoms with Gasteiger partial charge in [0.1, 0.15) is 5.82 Å². The molecule has 1 unspecified atom stereocenters. The SMILES string of the molecule is CCC(C)C(=O)Sc1cc(C(=O)O)c(F)cc1Cl. The maximum absolute atomic E-state index is 13.3. The summed E-state index contributed by atoms with van der Waals surface area (Å²) in [5.41, 5.74) is -0.487. The lowest BCUT2D eigenvalue weighted by atomic mass is 10.1. The van der Waals surface area contributed by atoms with E-state index in [1.807, 2.05) is 6.92 Å². The van der Waals surface area contributed by atoms with Gasteiger partial charge >= 0.3 is 5.97 Å². The zero-order chi connectivity index (χ0) is 13.9. The van der Waals surface area contributed by atoms with Gasteiger partial charge in [-0.2, -0.15) is 0 Å². The van der Waals surface area contributed by atoms with Gasteiger partial charge in [-0.15, -0.1) is 0 Å². The molecule has 98 valence electrons. The van der Waals surface area contributed by atoms with Gasteiger partial charge in [-0.3, -0.25) is 4.79 Å². The van der Waals surface area contributed by atoms with Gasteiger partial charge in [-0.25, -0.2) is 9.18 Å². The molecule has 1 aromatic carbocycles. The second-order valence-electron chi connectivity index (χ2n) is 3.80. The van der Waals surface area contributed by atoms with Crippen molar-refractivity contribution >= 4 is 34.4 Å². The fourth-order valence-electron chi connectivity index (χ4n) is 1.15. The number of carboxylic acids is 1. The fraction of sp³-hybridized carbons (Fsp3) is 0.333. The molecule has 0 amide bonds. The van der Waals surface area contributed by atoms with Crippen molar-refractivity contribution < 1.29 is 19.1 Å². The Labute approximate surface area is 113 Å². The van der Waals surface area contributed by atoms with Crippen molar-refractivity contribution in [2.45, 2.75) is 25.2 Å². The quantitative estimate of drug-likeness (QED) is 0.856. The molecule has 1 N–H and O–H groups in total. The lowest BCUT2D eigenvalue weighted by Crippen LogP contribution is -2.06. The number of rotatable bonds is 4. The Kier molecular flexibility index (Phi) is 5.16. The summed E-state index contributed by atoms with van der Waals surface area (Å²) < 4.78 is 13.3. The third-order valence-corrected chi connectivity index (χ3v) is 4.06. The molecule has 0 fully saturated rings. The summed E-state index contributed by atoms with van der Waals surface area (Å²) in [5, 5.41) is 8.71. The van der Waals surface area contributed by atoms with E-state index >= 15 is 0 Å². The van der Waals surface area contributed by atoms with Crippen LogP contribution in [0.4, 0.5) is 4.39 Å². The molecule has 0 saturated heterocycles. The molecule has 0 aliphatic heterocycles. The highest BCUT2D eigenvalue weighted by molar-refractivity contribution is 8.13. The average molecular weight is 291 g/mol. The van der Waals surface area contributed by atoms with Crippen LogP contribution in [0.1, 0.15) is 30.6 Å². The first kappa shape index (κ1) is 15.0. The number of carbonyl (C=O) groups is 2. The van der Waals surface area contributed by atoms with E-state index in [4.69, 9.17) is 16.7 Å². The summed E-state index contributed by atoms with van der Waals surface area (Å²) in [7, 11) is 0. The summed E-state index contributed by atoms with van der Waals surface area (Å²) in [6.07, 6.45) is 0.677. The van der Waals surface area contributed by atoms with E-state index in [1.165, 1.54) is 0 Å². The Morgan fingerprint density at radius 1 is 1.50 bits per heavy atom. The van der Waals surface area contributed by atoms with Crippen LogP contribution in [0, 0.1) is 11.7 Å². The molecule has 1 aromatic rings. The number of hydrogen-bond acceptors (Lipinski definition) is 3. The Bertz CT molecular complexity index is 490. The van der Waals surface area contributed by atoms with Crippen LogP contribution in [-0.2, 0) is 4.79 Å². The first-order valence-electron chi connectivity index (χ1n) is 5.30. The Balaban J connectivity index is 3.06. The van der Waals surface area contributed by atoms with Crippen LogP contribution < -0.4 is 0 Å². The zero-order valence-corrected chi connectivity index (χ0v) is 11.4. The van der Waals surface area contributed by atoms with Crippen LogP contribution in [0.2, 0.25) is 5.02 Å². The highest BCUT2D eigenvalue weighted by atomic mass is 35.5. The van der Waals surface area contributed by atoms with Crippen LogP contribution in [0.25, 0.3) is 0 Å². The van der Waals surface area contributed by atoms with Gasteiger partial charge in [0.2, 0.25) is 0 Å². The molecular formula is C12H12ClFO3S. The number of carbonyl (C=O) groups excluding carboxylic acids is 1. The van der Waals surface area contributed by atoms with E-state index in [2.05, 4.69) is 0 Å². The van der Waals surface area contributed by atoms with Crippen molar-refractivity contribution in [1.29, 1.82) is 0 Å². The molecule has 0 aliphatic rings. The van der Waals surface area contributed by atoms with Gasteiger partial charge in [0.15, 0.2) is 5.12 Å². The van der Waals surface area contributed by atoms with Crippen LogP contribution >= 0.6 is 23.4 Å². The van der Waals surface area contributed by atoms with Gasteiger partial charge in [-0.05, 0) is 18.6 Å². The highest BCUT2D eigenvalue weighted by Gasteiger charge is 2.18. The van der Waals surface area contributed by atoms with Crippen molar-refractivity contribution in [3.05, 3.63) is 28.5 Å². The number of aromatic carboxylic acids is 1. The molecule has 1 atom stereocenters. The first-order valence-corrected chi connectivity index (χ1v) is 6.50. The fourth-order valence-corrected chi connectivity index (χ4v) is 2.33. The van der Waals surface area contributed by atoms with Crippen LogP contribution in [0.3, 0.4) is 0 Å². The van der Waals surface area contributed by atoms with E-state index < -0.39 is 17.3 Å². The standard InChI is InChI=1S/C12H12ClFO3S/c1-3-6(2)12(17)18-10-4-7(11(15)16)9(14)5-8(10)13/h4-6H,3H2,1-2H3,(H,15,16). The third-order valence-electron chi connectivity index (χ3n) is 2.48. The van der Waals surface area contributed by atoms with Gasteiger partial charge in [0.05, 0.1) is 10.6 Å². The summed E-state index contributed by atoms with van der Waals surface area (Å²) in [4.78, 5) is 22.8. The van der Waals surface area contributed by atoms with E-state index in [0.717, 1.165) is 23.9 Å². The number of carboxylic acid groups (broad SMARTS) is 1. The van der Waals surface area contributed by atoms with Gasteiger partial charge in [0.25, 0.3) is 0 Å². The van der Waals surface area contributed by atoms with Crippen molar-refractivity contribution in [1.82, 2.24) is 0 Å². The third kappa shape index (κ3) is 3.46. The summed E-state index contributed by atoms with van der Waals surface area (Å²) >= 11 is 6.63. The molecular weight excluding hydrogens is 279 g/mol. The topological polar surface area (TPSA) is 54.4 Å². The number of thioether (sulfide) groups is 1. The smallest absolute Gasteiger partial charge is 0.338 e. The maximum Gasteiger partial charge on any atom is 0.338 e. The highest BCUT2D eigenvalue weighted by Crippen LogP contribution is 2.32. The van der Waals surface area contributed by atoms with E-state index in [-0.39, 0.29) is 21.0 Å². The number of benzene rings is 1. The van der Waals surface area contributed by atoms with Crippen molar-refractivity contribution in [2.75, 3.05) is 0 Å². The summed E-state index contributed by atoms with van der Waals surface area (Å²) in [6.45, 7) is 3.64. The zero-order valence-electron chi connectivity index (χ0n) is 9.87. The predicted octanol–water partition coefficient (Wildman–Crippen LogP) is 3.84. The van der Waals surface area contributed by atoms with Crippen molar-refractivity contribution in [2.24, 2.45) is 5.92 Å². The minimum atomic E-state index is -1.39. The van der Waals surface area contributed by atoms with Gasteiger partial charge in [0, 0.05) is 10.8 Å². The molecule has 0 radical (unpaired) electrons. The lowest BCUT2D eigenvalue weighted by Gasteiger charge is -2.09. The Morgan fingerprint density at radius 2 is 2.11 bits per heavy atom. The van der Waals surface area contributed by atoms with Crippen LogP contribution in [-0.4, -0.2) is 16.2 Å². The van der Waals surface area contributed by atoms with Gasteiger partial charge in [-0.1, -0.05) is 37.2 Å². The normalized spacial score (nSPS) is 12.2. The first-order chi connectivity index (χ1) is 8.36. The molecule has 0 heterocycles. The predicted molar refractivity (Wildman–Crippen MR) is 68.7 cm³/mol. The van der Waals surface area contributed by atoms with Crippen LogP contribution in [0.15, 0.2) is 17.0 Å². The molecule has 0 aromatic heterocycles.